The Labute approximate surface area is 114 Å². The van der Waals surface area contributed by atoms with Crippen LogP contribution in [0.5, 0.6) is 0 Å². The van der Waals surface area contributed by atoms with Crippen molar-refractivity contribution in [3.8, 4) is 0 Å². The summed E-state index contributed by atoms with van der Waals surface area (Å²) in [5.41, 5.74) is 2.32. The number of anilines is 1. The van der Waals surface area contributed by atoms with E-state index in [4.69, 9.17) is 23.2 Å². The van der Waals surface area contributed by atoms with E-state index in [1.807, 2.05) is 0 Å². The van der Waals surface area contributed by atoms with Crippen LogP contribution in [0.2, 0.25) is 10.0 Å². The van der Waals surface area contributed by atoms with E-state index in [0.29, 0.717) is 16.1 Å². The average molecular weight is 290 g/mol. The van der Waals surface area contributed by atoms with Crippen molar-refractivity contribution in [1.29, 1.82) is 0 Å². The minimum Gasteiger partial charge on any atom is -0.379 e. The molecule has 1 heterocycles. The molecule has 17 heavy (non-hydrogen) atoms. The zero-order valence-corrected chi connectivity index (χ0v) is 12.0. The summed E-state index contributed by atoms with van der Waals surface area (Å²) in [5.74, 6) is 0. The molecular formula is C11H13Cl2N3S. The van der Waals surface area contributed by atoms with E-state index in [-0.39, 0.29) is 0 Å². The number of rotatable bonds is 4. The number of benzene rings is 1. The van der Waals surface area contributed by atoms with Crippen LogP contribution >= 0.6 is 34.9 Å². The summed E-state index contributed by atoms with van der Waals surface area (Å²) >= 11 is 13.4. The third-order valence-electron chi connectivity index (χ3n) is 2.78. The number of aromatic nitrogens is 2. The van der Waals surface area contributed by atoms with Crippen LogP contribution in [-0.2, 0) is 0 Å². The summed E-state index contributed by atoms with van der Waals surface area (Å²) < 4.78 is 8.44. The van der Waals surface area contributed by atoms with Crippen molar-refractivity contribution in [3.63, 3.8) is 0 Å². The number of fused-ring (bicyclic) bond motifs is 1. The predicted octanol–water partition coefficient (Wildman–Crippen LogP) is 4.60. The van der Waals surface area contributed by atoms with E-state index in [0.717, 1.165) is 41.3 Å². The molecule has 2 aromatic rings. The standard InChI is InChI=1S/C11H13Cl2N3S/c1-3-6(4-2)14-9-7(12)5-8(13)10-11(9)16-17-15-10/h5-6,14H,3-4H2,1-2H3. The summed E-state index contributed by atoms with van der Waals surface area (Å²) in [5, 5.41) is 4.57. The SMILES string of the molecule is CCC(CC)Nc1c(Cl)cc(Cl)c2nsnc12. The molecule has 0 spiro atoms. The van der Waals surface area contributed by atoms with Gasteiger partial charge in [0.15, 0.2) is 0 Å². The maximum Gasteiger partial charge on any atom is 0.130 e. The molecule has 3 nitrogen and oxygen atoms in total. The first-order valence-corrected chi connectivity index (χ1v) is 7.02. The Morgan fingerprint density at radius 1 is 1.18 bits per heavy atom. The Bertz CT molecular complexity index is 523. The minimum atomic E-state index is 0.388. The molecule has 2 rings (SSSR count). The molecule has 0 radical (unpaired) electrons. The van der Waals surface area contributed by atoms with Crippen LogP contribution in [0.25, 0.3) is 11.0 Å². The zero-order valence-electron chi connectivity index (χ0n) is 9.63. The van der Waals surface area contributed by atoms with Crippen LogP contribution in [0.4, 0.5) is 5.69 Å². The molecule has 0 aliphatic carbocycles. The summed E-state index contributed by atoms with van der Waals surface area (Å²) in [6.07, 6.45) is 2.07. The highest BCUT2D eigenvalue weighted by Crippen LogP contribution is 2.35. The summed E-state index contributed by atoms with van der Waals surface area (Å²) in [4.78, 5) is 0. The molecule has 1 N–H and O–H groups in total. The molecular weight excluding hydrogens is 277 g/mol. The molecule has 0 atom stereocenters. The molecule has 0 saturated carbocycles. The predicted molar refractivity (Wildman–Crippen MR) is 75.4 cm³/mol. The van der Waals surface area contributed by atoms with Crippen LogP contribution < -0.4 is 5.32 Å². The quantitative estimate of drug-likeness (QED) is 0.894. The Morgan fingerprint density at radius 2 is 1.82 bits per heavy atom. The van der Waals surface area contributed by atoms with Crippen LogP contribution in [0.3, 0.4) is 0 Å². The van der Waals surface area contributed by atoms with E-state index in [1.54, 1.807) is 6.07 Å². The second-order valence-corrected chi connectivity index (χ2v) is 5.18. The maximum absolute atomic E-state index is 6.21. The van der Waals surface area contributed by atoms with Gasteiger partial charge in [-0.25, -0.2) is 0 Å². The van der Waals surface area contributed by atoms with Crippen molar-refractivity contribution in [2.75, 3.05) is 5.32 Å². The molecule has 92 valence electrons. The normalized spacial score (nSPS) is 11.4. The lowest BCUT2D eigenvalue weighted by atomic mass is 10.1. The fourth-order valence-corrected chi connectivity index (χ4v) is 2.88. The fourth-order valence-electron chi connectivity index (χ4n) is 1.71. The topological polar surface area (TPSA) is 37.8 Å². The van der Waals surface area contributed by atoms with Gasteiger partial charge < -0.3 is 5.32 Å². The van der Waals surface area contributed by atoms with Gasteiger partial charge >= 0.3 is 0 Å². The third kappa shape index (κ3) is 2.49. The smallest absolute Gasteiger partial charge is 0.130 e. The molecule has 0 aliphatic heterocycles. The summed E-state index contributed by atoms with van der Waals surface area (Å²) in [6.45, 7) is 4.28. The Kier molecular flexibility index (Phi) is 4.07. The second kappa shape index (κ2) is 5.38. The average Bonchev–Trinajstić information content (AvgIpc) is 2.79. The first kappa shape index (κ1) is 12.9. The first-order chi connectivity index (χ1) is 8.17. The van der Waals surface area contributed by atoms with Crippen LogP contribution in [0.1, 0.15) is 26.7 Å². The Morgan fingerprint density at radius 3 is 2.47 bits per heavy atom. The van der Waals surface area contributed by atoms with Gasteiger partial charge in [-0.05, 0) is 18.9 Å². The lowest BCUT2D eigenvalue weighted by molar-refractivity contribution is 0.672. The molecule has 1 aromatic carbocycles. The maximum atomic E-state index is 6.21. The molecule has 0 unspecified atom stereocenters. The lowest BCUT2D eigenvalue weighted by Gasteiger charge is -2.17. The third-order valence-corrected chi connectivity index (χ3v) is 3.89. The van der Waals surface area contributed by atoms with E-state index in [1.165, 1.54) is 0 Å². The van der Waals surface area contributed by atoms with Crippen molar-refractivity contribution in [1.82, 2.24) is 8.75 Å². The van der Waals surface area contributed by atoms with Gasteiger partial charge in [0, 0.05) is 6.04 Å². The van der Waals surface area contributed by atoms with Gasteiger partial charge in [0.25, 0.3) is 0 Å². The number of nitrogens with zero attached hydrogens (tertiary/aromatic N) is 2. The van der Waals surface area contributed by atoms with E-state index in [2.05, 4.69) is 27.9 Å². The number of nitrogens with one attached hydrogen (secondary N) is 1. The highest BCUT2D eigenvalue weighted by molar-refractivity contribution is 7.00. The molecule has 0 aliphatic rings. The van der Waals surface area contributed by atoms with Gasteiger partial charge in [-0.1, -0.05) is 37.0 Å². The van der Waals surface area contributed by atoms with Crippen LogP contribution in [0.15, 0.2) is 6.07 Å². The molecule has 0 bridgehead atoms. The fraction of sp³-hybridized carbons (Fsp3) is 0.455. The summed E-state index contributed by atoms with van der Waals surface area (Å²) in [6, 6.07) is 2.11. The van der Waals surface area contributed by atoms with Crippen molar-refractivity contribution in [3.05, 3.63) is 16.1 Å². The zero-order chi connectivity index (χ0) is 12.4. The number of halogens is 2. The van der Waals surface area contributed by atoms with Gasteiger partial charge in [-0.15, -0.1) is 0 Å². The number of hydrogen-bond donors (Lipinski definition) is 1. The first-order valence-electron chi connectivity index (χ1n) is 5.54. The molecule has 0 saturated heterocycles. The van der Waals surface area contributed by atoms with Crippen molar-refractivity contribution >= 4 is 51.7 Å². The summed E-state index contributed by atoms with van der Waals surface area (Å²) in [7, 11) is 0. The molecule has 1 aromatic heterocycles. The Balaban J connectivity index is 2.48. The lowest BCUT2D eigenvalue weighted by Crippen LogP contribution is -2.17. The molecule has 0 fully saturated rings. The monoisotopic (exact) mass is 289 g/mol. The second-order valence-electron chi connectivity index (χ2n) is 3.83. The highest BCUT2D eigenvalue weighted by atomic mass is 35.5. The van der Waals surface area contributed by atoms with Crippen LogP contribution in [0, 0.1) is 0 Å². The molecule has 6 heteroatoms. The largest absolute Gasteiger partial charge is 0.379 e. The molecule has 0 amide bonds. The van der Waals surface area contributed by atoms with Gasteiger partial charge in [0.05, 0.1) is 27.5 Å². The van der Waals surface area contributed by atoms with Crippen molar-refractivity contribution in [2.24, 2.45) is 0 Å². The van der Waals surface area contributed by atoms with E-state index >= 15 is 0 Å². The van der Waals surface area contributed by atoms with Crippen LogP contribution in [-0.4, -0.2) is 14.8 Å². The van der Waals surface area contributed by atoms with Crippen molar-refractivity contribution < 1.29 is 0 Å². The van der Waals surface area contributed by atoms with Gasteiger partial charge in [-0.3, -0.25) is 0 Å². The number of hydrogen-bond acceptors (Lipinski definition) is 4. The minimum absolute atomic E-state index is 0.388. The van der Waals surface area contributed by atoms with Gasteiger partial charge in [0.2, 0.25) is 0 Å². The van der Waals surface area contributed by atoms with Gasteiger partial charge in [0.1, 0.15) is 11.0 Å². The van der Waals surface area contributed by atoms with Gasteiger partial charge in [-0.2, -0.15) is 8.75 Å². The van der Waals surface area contributed by atoms with E-state index in [9.17, 15) is 0 Å². The van der Waals surface area contributed by atoms with Crippen molar-refractivity contribution in [2.45, 2.75) is 32.7 Å². The van der Waals surface area contributed by atoms with E-state index < -0.39 is 0 Å². The highest BCUT2D eigenvalue weighted by Gasteiger charge is 2.15. The Hall–Kier alpha value is -0.580.